The molecule has 80 valence electrons. The number of nitrogens with one attached hydrogen (secondary N) is 1. The Balaban J connectivity index is 3.46. The van der Waals surface area contributed by atoms with E-state index in [1.54, 1.807) is 7.11 Å². The lowest BCUT2D eigenvalue weighted by Gasteiger charge is -2.18. The fourth-order valence-corrected chi connectivity index (χ4v) is 1.19. The fraction of sp³-hybridized carbons (Fsp3) is 1.00. The van der Waals surface area contributed by atoms with Crippen molar-refractivity contribution in [3.63, 3.8) is 0 Å². The Hall–Kier alpha value is -0.120. The van der Waals surface area contributed by atoms with E-state index in [1.165, 1.54) is 6.42 Å². The summed E-state index contributed by atoms with van der Waals surface area (Å²) < 4.78 is 10.7. The molecule has 0 saturated carbocycles. The van der Waals surface area contributed by atoms with E-state index in [-0.39, 0.29) is 0 Å². The van der Waals surface area contributed by atoms with Crippen molar-refractivity contribution in [3.8, 4) is 0 Å². The van der Waals surface area contributed by atoms with Crippen LogP contribution in [0.1, 0.15) is 26.7 Å². The summed E-state index contributed by atoms with van der Waals surface area (Å²) in [5.41, 5.74) is 0. The Kier molecular flexibility index (Phi) is 8.40. The van der Waals surface area contributed by atoms with Crippen molar-refractivity contribution >= 4 is 0 Å². The largest absolute Gasteiger partial charge is 0.383 e. The van der Waals surface area contributed by atoms with Gasteiger partial charge in [0.25, 0.3) is 0 Å². The van der Waals surface area contributed by atoms with Crippen LogP contribution in [0.5, 0.6) is 0 Å². The zero-order valence-corrected chi connectivity index (χ0v) is 9.30. The van der Waals surface area contributed by atoms with Gasteiger partial charge in [0, 0.05) is 7.11 Å². The summed E-state index contributed by atoms with van der Waals surface area (Å²) in [6, 6.07) is 0.310. The summed E-state index contributed by atoms with van der Waals surface area (Å²) in [6.45, 7) is 5.72. The minimum atomic E-state index is 0.310. The van der Waals surface area contributed by atoms with Gasteiger partial charge in [-0.25, -0.2) is 0 Å². The zero-order chi connectivity index (χ0) is 10.1. The van der Waals surface area contributed by atoms with Crippen LogP contribution >= 0.6 is 0 Å². The third kappa shape index (κ3) is 6.99. The zero-order valence-electron chi connectivity index (χ0n) is 9.30. The van der Waals surface area contributed by atoms with Gasteiger partial charge in [-0.05, 0) is 20.4 Å². The van der Waals surface area contributed by atoms with E-state index in [4.69, 9.17) is 9.47 Å². The molecule has 0 aliphatic rings. The van der Waals surface area contributed by atoms with Crippen molar-refractivity contribution in [3.05, 3.63) is 0 Å². The Labute approximate surface area is 81.8 Å². The van der Waals surface area contributed by atoms with E-state index in [9.17, 15) is 0 Å². The van der Waals surface area contributed by atoms with Gasteiger partial charge >= 0.3 is 0 Å². The van der Waals surface area contributed by atoms with Gasteiger partial charge in [-0.15, -0.1) is 0 Å². The lowest BCUT2D eigenvalue weighted by atomic mass is 10.2. The number of hydrogen-bond acceptors (Lipinski definition) is 3. The number of likely N-dealkylation sites (N-methyl/N-ethyl adjacent to an activating group) is 1. The standard InChI is InChI=1S/C10H23NO2/c1-5-6-9(2)13-8-10(11-3)7-12-4/h9-11H,5-8H2,1-4H3. The van der Waals surface area contributed by atoms with Crippen LogP contribution in [0.15, 0.2) is 0 Å². The molecule has 0 spiro atoms. The van der Waals surface area contributed by atoms with Gasteiger partial charge in [0.2, 0.25) is 0 Å². The maximum absolute atomic E-state index is 5.65. The first-order valence-corrected chi connectivity index (χ1v) is 5.02. The van der Waals surface area contributed by atoms with Crippen LogP contribution in [0.25, 0.3) is 0 Å². The van der Waals surface area contributed by atoms with Crippen molar-refractivity contribution < 1.29 is 9.47 Å². The quantitative estimate of drug-likeness (QED) is 0.626. The molecule has 0 rings (SSSR count). The Bertz CT molecular complexity index is 109. The van der Waals surface area contributed by atoms with Crippen LogP contribution in [0, 0.1) is 0 Å². The first kappa shape index (κ1) is 12.9. The second-order valence-corrected chi connectivity index (χ2v) is 3.37. The minimum absolute atomic E-state index is 0.310. The predicted octanol–water partition coefficient (Wildman–Crippen LogP) is 1.43. The van der Waals surface area contributed by atoms with Gasteiger partial charge in [0.1, 0.15) is 0 Å². The predicted molar refractivity (Wildman–Crippen MR) is 55.0 cm³/mol. The third-order valence-electron chi connectivity index (χ3n) is 2.05. The molecular formula is C10H23NO2. The molecule has 3 heteroatoms. The molecule has 0 heterocycles. The molecule has 1 N–H and O–H groups in total. The smallest absolute Gasteiger partial charge is 0.0645 e. The number of rotatable bonds is 8. The highest BCUT2D eigenvalue weighted by Crippen LogP contribution is 2.01. The van der Waals surface area contributed by atoms with Gasteiger partial charge in [0.05, 0.1) is 25.4 Å². The van der Waals surface area contributed by atoms with E-state index < -0.39 is 0 Å². The molecule has 0 fully saturated rings. The molecule has 0 aliphatic heterocycles. The lowest BCUT2D eigenvalue weighted by molar-refractivity contribution is 0.0278. The van der Waals surface area contributed by atoms with Crippen LogP contribution in [0.4, 0.5) is 0 Å². The minimum Gasteiger partial charge on any atom is -0.383 e. The van der Waals surface area contributed by atoms with E-state index in [0.717, 1.165) is 13.0 Å². The second kappa shape index (κ2) is 8.48. The molecule has 2 unspecified atom stereocenters. The first-order chi connectivity index (χ1) is 6.24. The summed E-state index contributed by atoms with van der Waals surface area (Å²) >= 11 is 0. The van der Waals surface area contributed by atoms with Crippen LogP contribution in [0.2, 0.25) is 0 Å². The summed E-state index contributed by atoms with van der Waals surface area (Å²) in [7, 11) is 3.64. The molecule has 3 nitrogen and oxygen atoms in total. The molecule has 0 aromatic rings. The normalized spacial score (nSPS) is 15.7. The third-order valence-corrected chi connectivity index (χ3v) is 2.05. The molecule has 0 radical (unpaired) electrons. The van der Waals surface area contributed by atoms with E-state index >= 15 is 0 Å². The van der Waals surface area contributed by atoms with Crippen molar-refractivity contribution in [1.82, 2.24) is 5.32 Å². The highest BCUT2D eigenvalue weighted by atomic mass is 16.5. The van der Waals surface area contributed by atoms with Gasteiger partial charge in [-0.2, -0.15) is 0 Å². The van der Waals surface area contributed by atoms with Crippen LogP contribution in [-0.2, 0) is 9.47 Å². The van der Waals surface area contributed by atoms with Gasteiger partial charge in [-0.1, -0.05) is 13.3 Å². The van der Waals surface area contributed by atoms with Crippen molar-refractivity contribution in [2.75, 3.05) is 27.4 Å². The van der Waals surface area contributed by atoms with Crippen molar-refractivity contribution in [2.45, 2.75) is 38.8 Å². The van der Waals surface area contributed by atoms with Crippen LogP contribution in [0.3, 0.4) is 0 Å². The van der Waals surface area contributed by atoms with Gasteiger partial charge in [-0.3, -0.25) is 0 Å². The Morgan fingerprint density at radius 3 is 2.46 bits per heavy atom. The molecule has 0 aromatic heterocycles. The Morgan fingerprint density at radius 2 is 2.00 bits per heavy atom. The average Bonchev–Trinajstić information content (AvgIpc) is 2.12. The Morgan fingerprint density at radius 1 is 1.31 bits per heavy atom. The molecule has 0 aliphatic carbocycles. The van der Waals surface area contributed by atoms with Gasteiger partial charge in [0.15, 0.2) is 0 Å². The summed E-state index contributed by atoms with van der Waals surface area (Å²) in [5, 5.41) is 3.15. The summed E-state index contributed by atoms with van der Waals surface area (Å²) in [5.74, 6) is 0. The molecule has 2 atom stereocenters. The van der Waals surface area contributed by atoms with E-state index in [1.807, 2.05) is 7.05 Å². The highest BCUT2D eigenvalue weighted by molar-refractivity contribution is 4.62. The van der Waals surface area contributed by atoms with Crippen LogP contribution in [-0.4, -0.2) is 39.5 Å². The first-order valence-electron chi connectivity index (χ1n) is 5.02. The number of hydrogen-bond donors (Lipinski definition) is 1. The summed E-state index contributed by atoms with van der Waals surface area (Å²) in [4.78, 5) is 0. The fourth-order valence-electron chi connectivity index (χ4n) is 1.19. The SMILES string of the molecule is CCCC(C)OCC(COC)NC. The van der Waals surface area contributed by atoms with Gasteiger partial charge < -0.3 is 14.8 Å². The molecular weight excluding hydrogens is 166 g/mol. The number of methoxy groups -OCH3 is 1. The van der Waals surface area contributed by atoms with Crippen LogP contribution < -0.4 is 5.32 Å². The summed E-state index contributed by atoms with van der Waals surface area (Å²) in [6.07, 6.45) is 2.66. The molecule has 0 bridgehead atoms. The topological polar surface area (TPSA) is 30.5 Å². The number of ether oxygens (including phenoxy) is 2. The molecule has 13 heavy (non-hydrogen) atoms. The molecule has 0 amide bonds. The monoisotopic (exact) mass is 189 g/mol. The van der Waals surface area contributed by atoms with Crippen molar-refractivity contribution in [2.24, 2.45) is 0 Å². The average molecular weight is 189 g/mol. The second-order valence-electron chi connectivity index (χ2n) is 3.37. The lowest BCUT2D eigenvalue weighted by Crippen LogP contribution is -2.35. The van der Waals surface area contributed by atoms with E-state index in [0.29, 0.717) is 18.8 Å². The molecule has 0 saturated heterocycles. The molecule has 0 aromatic carbocycles. The van der Waals surface area contributed by atoms with E-state index in [2.05, 4.69) is 19.2 Å². The highest BCUT2D eigenvalue weighted by Gasteiger charge is 2.07. The maximum atomic E-state index is 5.65. The maximum Gasteiger partial charge on any atom is 0.0645 e. The van der Waals surface area contributed by atoms with Crippen molar-refractivity contribution in [1.29, 1.82) is 0 Å².